The summed E-state index contributed by atoms with van der Waals surface area (Å²) in [7, 11) is 0. The van der Waals surface area contributed by atoms with Crippen LogP contribution in [0.1, 0.15) is 23.7 Å². The molecular weight excluding hydrogens is 154 g/mol. The number of hydrogen-bond donors (Lipinski definition) is 2. The van der Waals surface area contributed by atoms with Gasteiger partial charge in [0.05, 0.1) is 6.10 Å². The molecule has 12 heavy (non-hydrogen) atoms. The molecule has 0 saturated carbocycles. The Hall–Kier alpha value is -0.930. The normalized spacial score (nSPS) is 12.9. The number of aromatic nitrogens is 1. The Labute approximate surface area is 71.7 Å². The molecule has 1 aromatic rings. The maximum absolute atomic E-state index is 9.50. The first-order valence-electron chi connectivity index (χ1n) is 3.95. The predicted octanol–water partition coefficient (Wildman–Crippen LogP) is 0.806. The van der Waals surface area contributed by atoms with Crippen LogP contribution in [0.25, 0.3) is 0 Å². The van der Waals surface area contributed by atoms with E-state index in [0.717, 1.165) is 11.1 Å². The van der Waals surface area contributed by atoms with Crippen LogP contribution in [0.15, 0.2) is 18.5 Å². The Morgan fingerprint density at radius 3 is 2.92 bits per heavy atom. The second-order valence-electron chi connectivity index (χ2n) is 2.76. The molecule has 0 amide bonds. The zero-order valence-electron chi connectivity index (χ0n) is 7.07. The van der Waals surface area contributed by atoms with E-state index in [1.165, 1.54) is 0 Å². The second-order valence-corrected chi connectivity index (χ2v) is 2.76. The number of aliphatic hydroxyl groups excluding tert-OH is 2. The highest BCUT2D eigenvalue weighted by atomic mass is 16.3. The van der Waals surface area contributed by atoms with Gasteiger partial charge in [-0.2, -0.15) is 0 Å². The first-order valence-corrected chi connectivity index (χ1v) is 3.95. The summed E-state index contributed by atoms with van der Waals surface area (Å²) in [6, 6.07) is 1.84. The van der Waals surface area contributed by atoms with Crippen LogP contribution in [-0.2, 0) is 0 Å². The quantitative estimate of drug-likeness (QED) is 0.700. The van der Waals surface area contributed by atoms with Gasteiger partial charge in [-0.3, -0.25) is 4.98 Å². The number of nitrogens with zero attached hydrogens (tertiary/aromatic N) is 1. The van der Waals surface area contributed by atoms with Crippen LogP contribution in [0.5, 0.6) is 0 Å². The summed E-state index contributed by atoms with van der Waals surface area (Å²) in [6.07, 6.45) is 3.09. The monoisotopic (exact) mass is 167 g/mol. The van der Waals surface area contributed by atoms with Crippen LogP contribution < -0.4 is 0 Å². The third-order valence-corrected chi connectivity index (χ3v) is 1.84. The Bertz CT molecular complexity index is 250. The van der Waals surface area contributed by atoms with Crippen molar-refractivity contribution >= 4 is 0 Å². The van der Waals surface area contributed by atoms with Crippen LogP contribution in [0.4, 0.5) is 0 Å². The van der Waals surface area contributed by atoms with E-state index < -0.39 is 6.10 Å². The Kier molecular flexibility index (Phi) is 3.19. The third kappa shape index (κ3) is 2.03. The summed E-state index contributed by atoms with van der Waals surface area (Å²) in [5.41, 5.74) is 1.80. The molecule has 0 aliphatic rings. The fourth-order valence-electron chi connectivity index (χ4n) is 1.10. The third-order valence-electron chi connectivity index (χ3n) is 1.84. The minimum absolute atomic E-state index is 0.00446. The molecule has 0 aromatic carbocycles. The fraction of sp³-hybridized carbons (Fsp3) is 0.444. The number of aryl methyl sites for hydroxylation is 1. The lowest BCUT2D eigenvalue weighted by Crippen LogP contribution is -2.02. The summed E-state index contributed by atoms with van der Waals surface area (Å²) in [4.78, 5) is 3.91. The molecule has 0 spiro atoms. The van der Waals surface area contributed by atoms with Gasteiger partial charge in [0.2, 0.25) is 0 Å². The van der Waals surface area contributed by atoms with Gasteiger partial charge in [-0.05, 0) is 18.6 Å². The topological polar surface area (TPSA) is 53.4 Å². The molecule has 0 saturated heterocycles. The standard InChI is InChI=1S/C9H13NO2/c1-7-2-4-10-6-8(7)9(12)3-5-11/h2,4,6,9,11-12H,3,5H2,1H3. The zero-order chi connectivity index (χ0) is 8.97. The van der Waals surface area contributed by atoms with E-state index in [9.17, 15) is 5.11 Å². The molecule has 2 N–H and O–H groups in total. The molecule has 0 radical (unpaired) electrons. The van der Waals surface area contributed by atoms with Crippen LogP contribution in [0.2, 0.25) is 0 Å². The van der Waals surface area contributed by atoms with Crippen molar-refractivity contribution in [2.24, 2.45) is 0 Å². The SMILES string of the molecule is Cc1ccncc1C(O)CCO. The van der Waals surface area contributed by atoms with E-state index in [1.54, 1.807) is 12.4 Å². The van der Waals surface area contributed by atoms with Crippen LogP contribution in [0, 0.1) is 6.92 Å². The maximum Gasteiger partial charge on any atom is 0.0829 e. The van der Waals surface area contributed by atoms with E-state index in [1.807, 2.05) is 13.0 Å². The van der Waals surface area contributed by atoms with Crippen molar-refractivity contribution < 1.29 is 10.2 Å². The highest BCUT2D eigenvalue weighted by molar-refractivity contribution is 5.23. The lowest BCUT2D eigenvalue weighted by molar-refractivity contribution is 0.133. The molecule has 1 aromatic heterocycles. The average Bonchev–Trinajstić information content (AvgIpc) is 2.05. The highest BCUT2D eigenvalue weighted by Crippen LogP contribution is 2.18. The Morgan fingerprint density at radius 1 is 1.58 bits per heavy atom. The summed E-state index contributed by atoms with van der Waals surface area (Å²) < 4.78 is 0. The molecule has 0 bridgehead atoms. The molecule has 0 aliphatic carbocycles. The van der Waals surface area contributed by atoms with Gasteiger partial charge in [-0.1, -0.05) is 0 Å². The predicted molar refractivity (Wildman–Crippen MR) is 45.6 cm³/mol. The summed E-state index contributed by atoms with van der Waals surface area (Å²) in [5.74, 6) is 0. The van der Waals surface area contributed by atoms with Crippen molar-refractivity contribution in [1.29, 1.82) is 0 Å². The maximum atomic E-state index is 9.50. The molecule has 1 rings (SSSR count). The van der Waals surface area contributed by atoms with E-state index >= 15 is 0 Å². The molecule has 3 heteroatoms. The summed E-state index contributed by atoms with van der Waals surface area (Å²) >= 11 is 0. The minimum Gasteiger partial charge on any atom is -0.396 e. The molecule has 0 fully saturated rings. The van der Waals surface area contributed by atoms with Gasteiger partial charge in [-0.25, -0.2) is 0 Å². The lowest BCUT2D eigenvalue weighted by Gasteiger charge is -2.10. The van der Waals surface area contributed by atoms with Gasteiger partial charge < -0.3 is 10.2 Å². The first-order chi connectivity index (χ1) is 5.75. The molecule has 1 heterocycles. The van der Waals surface area contributed by atoms with Crippen molar-refractivity contribution in [3.63, 3.8) is 0 Å². The Balaban J connectivity index is 2.79. The number of hydrogen-bond acceptors (Lipinski definition) is 3. The lowest BCUT2D eigenvalue weighted by atomic mass is 10.0. The highest BCUT2D eigenvalue weighted by Gasteiger charge is 2.08. The molecule has 1 atom stereocenters. The van der Waals surface area contributed by atoms with Crippen LogP contribution >= 0.6 is 0 Å². The number of aliphatic hydroxyl groups is 2. The Morgan fingerprint density at radius 2 is 2.33 bits per heavy atom. The van der Waals surface area contributed by atoms with Crippen LogP contribution in [-0.4, -0.2) is 21.8 Å². The van der Waals surface area contributed by atoms with Crippen molar-refractivity contribution in [2.45, 2.75) is 19.4 Å². The smallest absolute Gasteiger partial charge is 0.0829 e. The van der Waals surface area contributed by atoms with E-state index in [-0.39, 0.29) is 6.61 Å². The minimum atomic E-state index is -0.594. The van der Waals surface area contributed by atoms with Gasteiger partial charge >= 0.3 is 0 Å². The van der Waals surface area contributed by atoms with Crippen molar-refractivity contribution in [2.75, 3.05) is 6.61 Å². The summed E-state index contributed by atoms with van der Waals surface area (Å²) in [6.45, 7) is 1.91. The number of rotatable bonds is 3. The molecule has 66 valence electrons. The summed E-state index contributed by atoms with van der Waals surface area (Å²) in [5, 5.41) is 18.1. The van der Waals surface area contributed by atoms with E-state index in [2.05, 4.69) is 4.98 Å². The van der Waals surface area contributed by atoms with E-state index in [0.29, 0.717) is 6.42 Å². The second kappa shape index (κ2) is 4.18. The average molecular weight is 167 g/mol. The molecule has 1 unspecified atom stereocenters. The van der Waals surface area contributed by atoms with Crippen LogP contribution in [0.3, 0.4) is 0 Å². The van der Waals surface area contributed by atoms with Gasteiger partial charge in [0, 0.05) is 31.0 Å². The van der Waals surface area contributed by atoms with Crippen molar-refractivity contribution in [3.8, 4) is 0 Å². The van der Waals surface area contributed by atoms with Crippen molar-refractivity contribution in [1.82, 2.24) is 4.98 Å². The van der Waals surface area contributed by atoms with Crippen molar-refractivity contribution in [3.05, 3.63) is 29.6 Å². The fourth-order valence-corrected chi connectivity index (χ4v) is 1.10. The molecular formula is C9H13NO2. The largest absolute Gasteiger partial charge is 0.396 e. The van der Waals surface area contributed by atoms with Gasteiger partial charge in [-0.15, -0.1) is 0 Å². The number of pyridine rings is 1. The first kappa shape index (κ1) is 9.16. The molecule has 0 aliphatic heterocycles. The van der Waals surface area contributed by atoms with E-state index in [4.69, 9.17) is 5.11 Å². The molecule has 3 nitrogen and oxygen atoms in total. The zero-order valence-corrected chi connectivity index (χ0v) is 7.07. The van der Waals surface area contributed by atoms with Gasteiger partial charge in [0.25, 0.3) is 0 Å². The van der Waals surface area contributed by atoms with Gasteiger partial charge in [0.15, 0.2) is 0 Å². The van der Waals surface area contributed by atoms with Gasteiger partial charge in [0.1, 0.15) is 0 Å².